The summed E-state index contributed by atoms with van der Waals surface area (Å²) in [6.07, 6.45) is 2.83. The predicted molar refractivity (Wildman–Crippen MR) is 72.7 cm³/mol. The molecule has 1 unspecified atom stereocenters. The summed E-state index contributed by atoms with van der Waals surface area (Å²) >= 11 is 0. The van der Waals surface area contributed by atoms with E-state index in [9.17, 15) is 4.39 Å². The smallest absolute Gasteiger partial charge is 0.146 e. The van der Waals surface area contributed by atoms with Gasteiger partial charge in [0.1, 0.15) is 11.6 Å². The first-order valence-corrected chi connectivity index (χ1v) is 6.23. The first-order chi connectivity index (χ1) is 9.27. The van der Waals surface area contributed by atoms with E-state index >= 15 is 0 Å². The van der Waals surface area contributed by atoms with Crippen molar-refractivity contribution >= 4 is 0 Å². The monoisotopic (exact) mass is 260 g/mol. The average molecular weight is 260 g/mol. The Morgan fingerprint density at radius 2 is 2.05 bits per heavy atom. The molecule has 1 aromatic carbocycles. The van der Waals surface area contributed by atoms with E-state index in [1.807, 2.05) is 31.2 Å². The summed E-state index contributed by atoms with van der Waals surface area (Å²) in [5.41, 5.74) is 1.48. The lowest BCUT2D eigenvalue weighted by atomic mass is 9.98. The quantitative estimate of drug-likeness (QED) is 0.897. The number of hydrogen-bond donors (Lipinski definition) is 1. The van der Waals surface area contributed by atoms with Crippen LogP contribution in [0, 0.1) is 5.82 Å². The normalized spacial score (nSPS) is 12.2. The van der Waals surface area contributed by atoms with Crippen LogP contribution in [0.4, 0.5) is 4.39 Å². The number of nitrogens with zero attached hydrogens (tertiary/aromatic N) is 1. The van der Waals surface area contributed by atoms with Crippen LogP contribution in [0.1, 0.15) is 24.1 Å². The van der Waals surface area contributed by atoms with Gasteiger partial charge >= 0.3 is 0 Å². The predicted octanol–water partition coefficient (Wildman–Crippen LogP) is 2.93. The summed E-state index contributed by atoms with van der Waals surface area (Å²) in [5.74, 6) is 0.420. The van der Waals surface area contributed by atoms with Crippen molar-refractivity contribution < 1.29 is 9.13 Å². The van der Waals surface area contributed by atoms with Crippen LogP contribution >= 0.6 is 0 Å². The minimum absolute atomic E-state index is 0.246. The highest BCUT2D eigenvalue weighted by Crippen LogP contribution is 2.30. The average Bonchev–Trinajstić information content (AvgIpc) is 2.46. The zero-order chi connectivity index (χ0) is 13.7. The van der Waals surface area contributed by atoms with E-state index in [-0.39, 0.29) is 11.9 Å². The van der Waals surface area contributed by atoms with Crippen LogP contribution in [-0.2, 0) is 0 Å². The number of para-hydroxylation sites is 1. The van der Waals surface area contributed by atoms with Crippen LogP contribution in [0.25, 0.3) is 0 Å². The van der Waals surface area contributed by atoms with Crippen LogP contribution in [0.3, 0.4) is 0 Å². The molecule has 0 aliphatic rings. The van der Waals surface area contributed by atoms with Crippen LogP contribution in [0.2, 0.25) is 0 Å². The van der Waals surface area contributed by atoms with Crippen molar-refractivity contribution in [2.45, 2.75) is 13.0 Å². The number of hydrogen-bond acceptors (Lipinski definition) is 3. The molecule has 0 amide bonds. The van der Waals surface area contributed by atoms with Crippen molar-refractivity contribution in [3.05, 3.63) is 59.7 Å². The fourth-order valence-electron chi connectivity index (χ4n) is 2.12. The maximum Gasteiger partial charge on any atom is 0.146 e. The standard InChI is InChI=1S/C15H17FN2O/c1-3-18-15(11-8-9-17-10-13(11)16)12-6-4-5-7-14(12)19-2/h4-10,15,18H,3H2,1-2H3. The first-order valence-electron chi connectivity index (χ1n) is 6.23. The molecule has 2 rings (SSSR count). The molecule has 4 heteroatoms. The number of rotatable bonds is 5. The summed E-state index contributed by atoms with van der Waals surface area (Å²) in [5, 5.41) is 3.28. The Morgan fingerprint density at radius 1 is 1.26 bits per heavy atom. The minimum Gasteiger partial charge on any atom is -0.496 e. The molecule has 0 saturated carbocycles. The number of methoxy groups -OCH3 is 1. The van der Waals surface area contributed by atoms with Gasteiger partial charge in [-0.15, -0.1) is 0 Å². The molecule has 0 fully saturated rings. The Bertz CT molecular complexity index is 545. The topological polar surface area (TPSA) is 34.2 Å². The molecule has 0 bridgehead atoms. The second-order valence-corrected chi connectivity index (χ2v) is 4.13. The van der Waals surface area contributed by atoms with E-state index in [2.05, 4.69) is 10.3 Å². The maximum absolute atomic E-state index is 13.9. The molecule has 19 heavy (non-hydrogen) atoms. The molecule has 0 aliphatic heterocycles. The van der Waals surface area contributed by atoms with Crippen molar-refractivity contribution in [1.82, 2.24) is 10.3 Å². The zero-order valence-corrected chi connectivity index (χ0v) is 11.1. The lowest BCUT2D eigenvalue weighted by Gasteiger charge is -2.21. The van der Waals surface area contributed by atoms with E-state index in [1.165, 1.54) is 6.20 Å². The number of pyridine rings is 1. The van der Waals surface area contributed by atoms with Crippen LogP contribution in [0.5, 0.6) is 5.75 Å². The van der Waals surface area contributed by atoms with Gasteiger partial charge in [0, 0.05) is 17.3 Å². The van der Waals surface area contributed by atoms with E-state index in [0.29, 0.717) is 5.56 Å². The number of halogens is 1. The van der Waals surface area contributed by atoms with Gasteiger partial charge in [-0.05, 0) is 18.7 Å². The van der Waals surface area contributed by atoms with E-state index < -0.39 is 0 Å². The Balaban J connectivity index is 2.49. The highest BCUT2D eigenvalue weighted by atomic mass is 19.1. The lowest BCUT2D eigenvalue weighted by molar-refractivity contribution is 0.403. The molecule has 1 N–H and O–H groups in total. The fraction of sp³-hybridized carbons (Fsp3) is 0.267. The Labute approximate surface area is 112 Å². The zero-order valence-electron chi connectivity index (χ0n) is 11.1. The van der Waals surface area contributed by atoms with Crippen molar-refractivity contribution in [3.63, 3.8) is 0 Å². The fourth-order valence-corrected chi connectivity index (χ4v) is 2.12. The number of ether oxygens (including phenoxy) is 1. The second-order valence-electron chi connectivity index (χ2n) is 4.13. The molecule has 0 aliphatic carbocycles. The molecule has 0 spiro atoms. The minimum atomic E-state index is -0.320. The number of benzene rings is 1. The van der Waals surface area contributed by atoms with E-state index in [0.717, 1.165) is 17.9 Å². The van der Waals surface area contributed by atoms with E-state index in [1.54, 1.807) is 19.4 Å². The number of nitrogens with one attached hydrogen (secondary N) is 1. The molecule has 1 aromatic heterocycles. The van der Waals surface area contributed by atoms with Crippen molar-refractivity contribution in [2.24, 2.45) is 0 Å². The largest absolute Gasteiger partial charge is 0.496 e. The van der Waals surface area contributed by atoms with Crippen molar-refractivity contribution in [1.29, 1.82) is 0 Å². The van der Waals surface area contributed by atoms with Gasteiger partial charge in [-0.2, -0.15) is 0 Å². The van der Waals surface area contributed by atoms with Gasteiger partial charge in [0.05, 0.1) is 19.3 Å². The SMILES string of the molecule is CCNC(c1ccncc1F)c1ccccc1OC. The van der Waals surface area contributed by atoms with Crippen LogP contribution in [-0.4, -0.2) is 18.6 Å². The summed E-state index contributed by atoms with van der Waals surface area (Å²) < 4.78 is 19.3. The third kappa shape index (κ3) is 2.90. The first kappa shape index (κ1) is 13.5. The van der Waals surface area contributed by atoms with Gasteiger partial charge in [0.2, 0.25) is 0 Å². The Kier molecular flexibility index (Phi) is 4.47. The summed E-state index contributed by atoms with van der Waals surface area (Å²) in [6, 6.07) is 9.07. The van der Waals surface area contributed by atoms with E-state index in [4.69, 9.17) is 4.74 Å². The molecular formula is C15H17FN2O. The Morgan fingerprint density at radius 3 is 2.74 bits per heavy atom. The number of aromatic nitrogens is 1. The van der Waals surface area contributed by atoms with Gasteiger partial charge in [0.15, 0.2) is 0 Å². The third-order valence-corrected chi connectivity index (χ3v) is 2.97. The summed E-state index contributed by atoms with van der Waals surface area (Å²) in [6.45, 7) is 2.71. The van der Waals surface area contributed by atoms with Gasteiger partial charge < -0.3 is 10.1 Å². The van der Waals surface area contributed by atoms with Gasteiger partial charge in [-0.3, -0.25) is 4.98 Å². The maximum atomic E-state index is 13.9. The van der Waals surface area contributed by atoms with Crippen LogP contribution in [0.15, 0.2) is 42.7 Å². The molecule has 2 aromatic rings. The van der Waals surface area contributed by atoms with Crippen molar-refractivity contribution in [3.8, 4) is 5.75 Å². The molecule has 0 radical (unpaired) electrons. The van der Waals surface area contributed by atoms with Crippen molar-refractivity contribution in [2.75, 3.05) is 13.7 Å². The Hall–Kier alpha value is -1.94. The highest BCUT2D eigenvalue weighted by Gasteiger charge is 2.19. The third-order valence-electron chi connectivity index (χ3n) is 2.97. The highest BCUT2D eigenvalue weighted by molar-refractivity contribution is 5.41. The summed E-state index contributed by atoms with van der Waals surface area (Å²) in [7, 11) is 1.62. The molecule has 3 nitrogen and oxygen atoms in total. The second kappa shape index (κ2) is 6.29. The van der Waals surface area contributed by atoms with Gasteiger partial charge in [-0.1, -0.05) is 25.1 Å². The lowest BCUT2D eigenvalue weighted by Crippen LogP contribution is -2.23. The molecule has 100 valence electrons. The molecule has 1 heterocycles. The molecule has 0 saturated heterocycles. The summed E-state index contributed by atoms with van der Waals surface area (Å²) in [4.78, 5) is 3.79. The van der Waals surface area contributed by atoms with Gasteiger partial charge in [0.25, 0.3) is 0 Å². The molecule has 1 atom stereocenters. The van der Waals surface area contributed by atoms with Gasteiger partial charge in [-0.25, -0.2) is 4.39 Å². The molecular weight excluding hydrogens is 243 g/mol. The van der Waals surface area contributed by atoms with Crippen LogP contribution < -0.4 is 10.1 Å².